The molecule has 8 fully saturated rings. The molecule has 0 spiro atoms. The summed E-state index contributed by atoms with van der Waals surface area (Å²) in [7, 11) is 0. The van der Waals surface area contributed by atoms with Gasteiger partial charge in [0.1, 0.15) is 43.2 Å². The standard InChI is InChI=1S/C27H38N2O8.C19H32N2O6/c1-25(2)34-20-15-33-27(22(21(20)35-25)36-26(3,4)37-27)16-28-23(30)18-10-12-19(13-11-18)29-24(31)32-14-17-8-6-5-7-9-17;1-17(2)24-13-9-23-19(15(14(13)25-17)26-18(3,4)27-19)10-21-16(22)11-5-7-12(20)8-6-11/h5-9,18-22H,10-16H2,1-4H3,(H,28,30)(H,29,31);11-15H,5-10,20H2,1-4H3,(H,21,22)/t18?,19?,20-,21-,22+,27+;11?,12?,13-,14-,15+,19+/m11/s1. The second-order valence-electron chi connectivity index (χ2n) is 20.4. The molecule has 0 bridgehead atoms. The lowest BCUT2D eigenvalue weighted by molar-refractivity contribution is -0.277. The Morgan fingerprint density at radius 2 is 1.06 bits per heavy atom. The maximum absolute atomic E-state index is 13.1. The third-order valence-corrected chi connectivity index (χ3v) is 13.3. The van der Waals surface area contributed by atoms with Gasteiger partial charge in [0.25, 0.3) is 0 Å². The first-order valence-corrected chi connectivity index (χ1v) is 23.2. The minimum atomic E-state index is -1.15. The van der Waals surface area contributed by atoms with Gasteiger partial charge in [-0.3, -0.25) is 9.59 Å². The first-order valence-electron chi connectivity index (χ1n) is 23.2. The van der Waals surface area contributed by atoms with Gasteiger partial charge in [-0.15, -0.1) is 0 Å². The molecule has 6 aliphatic heterocycles. The Kier molecular flexibility index (Phi) is 13.5. The second kappa shape index (κ2) is 18.2. The van der Waals surface area contributed by atoms with Crippen LogP contribution in [0.25, 0.3) is 0 Å². The fraction of sp³-hybridized carbons (Fsp3) is 0.804. The van der Waals surface area contributed by atoms with E-state index in [-0.39, 0.29) is 86.5 Å². The highest BCUT2D eigenvalue weighted by Gasteiger charge is 2.67. The average molecular weight is 903 g/mol. The summed E-state index contributed by atoms with van der Waals surface area (Å²) in [5.41, 5.74) is 6.88. The zero-order valence-electron chi connectivity index (χ0n) is 38.6. The lowest BCUT2D eigenvalue weighted by Gasteiger charge is -2.41. The van der Waals surface area contributed by atoms with Crippen molar-refractivity contribution in [3.8, 4) is 0 Å². The van der Waals surface area contributed by atoms with Crippen molar-refractivity contribution in [1.29, 1.82) is 0 Å². The molecule has 2 aliphatic carbocycles. The molecule has 8 aliphatic rings. The summed E-state index contributed by atoms with van der Waals surface area (Å²) in [5.74, 6) is -5.57. The molecule has 2 saturated carbocycles. The summed E-state index contributed by atoms with van der Waals surface area (Å²) >= 11 is 0. The third kappa shape index (κ3) is 10.7. The summed E-state index contributed by atoms with van der Waals surface area (Å²) < 4.78 is 66.4. The predicted octanol–water partition coefficient (Wildman–Crippen LogP) is 4.00. The van der Waals surface area contributed by atoms with Crippen LogP contribution in [-0.2, 0) is 68.3 Å². The predicted molar refractivity (Wildman–Crippen MR) is 227 cm³/mol. The van der Waals surface area contributed by atoms with Gasteiger partial charge in [0.05, 0.1) is 26.3 Å². The Morgan fingerprint density at radius 1 is 0.609 bits per heavy atom. The monoisotopic (exact) mass is 902 g/mol. The molecule has 64 heavy (non-hydrogen) atoms. The number of fused-ring (bicyclic) bond motifs is 6. The van der Waals surface area contributed by atoms with Crippen LogP contribution in [0.3, 0.4) is 0 Å². The number of nitrogens with two attached hydrogens (primary N) is 1. The van der Waals surface area contributed by atoms with Gasteiger partial charge in [0.2, 0.25) is 23.4 Å². The molecular weight excluding hydrogens is 833 g/mol. The van der Waals surface area contributed by atoms with Gasteiger partial charge in [-0.1, -0.05) is 30.3 Å². The topological polar surface area (TPSA) is 215 Å². The Labute approximate surface area is 376 Å². The van der Waals surface area contributed by atoms with Gasteiger partial charge < -0.3 is 73.8 Å². The summed E-state index contributed by atoms with van der Waals surface area (Å²) in [6.45, 7) is 16.0. The van der Waals surface area contributed by atoms with Crippen molar-refractivity contribution in [3.63, 3.8) is 0 Å². The van der Waals surface area contributed by atoms with Gasteiger partial charge in [-0.25, -0.2) is 4.79 Å². The highest BCUT2D eigenvalue weighted by Crippen LogP contribution is 2.49. The first kappa shape index (κ1) is 47.5. The van der Waals surface area contributed by atoms with Crippen LogP contribution in [0, 0.1) is 11.8 Å². The van der Waals surface area contributed by atoms with E-state index >= 15 is 0 Å². The van der Waals surface area contributed by atoms with E-state index in [2.05, 4.69) is 16.0 Å². The average Bonchev–Trinajstić information content (AvgIpc) is 3.93. The quantitative estimate of drug-likeness (QED) is 0.276. The van der Waals surface area contributed by atoms with Crippen LogP contribution in [0.1, 0.15) is 112 Å². The molecule has 5 N–H and O–H groups in total. The van der Waals surface area contributed by atoms with Crippen molar-refractivity contribution in [2.75, 3.05) is 26.3 Å². The number of ether oxygens (including phenoxy) is 11. The number of carbonyl (C=O) groups is 3. The van der Waals surface area contributed by atoms with Crippen LogP contribution < -0.4 is 21.7 Å². The van der Waals surface area contributed by atoms with Crippen molar-refractivity contribution in [2.45, 2.75) is 197 Å². The zero-order valence-corrected chi connectivity index (χ0v) is 38.6. The van der Waals surface area contributed by atoms with Crippen molar-refractivity contribution < 1.29 is 66.5 Å². The number of carbonyl (C=O) groups excluding carboxylic acids is 3. The van der Waals surface area contributed by atoms with Crippen LogP contribution in [0.4, 0.5) is 4.79 Å². The van der Waals surface area contributed by atoms with Crippen molar-refractivity contribution in [2.24, 2.45) is 17.6 Å². The van der Waals surface area contributed by atoms with E-state index in [1.807, 2.05) is 85.7 Å². The first-order chi connectivity index (χ1) is 30.1. The number of rotatable bonds is 9. The number of hydrogen-bond donors (Lipinski definition) is 4. The van der Waals surface area contributed by atoms with Gasteiger partial charge in [-0.05, 0) is 112 Å². The maximum atomic E-state index is 13.1. The van der Waals surface area contributed by atoms with Crippen LogP contribution in [0.15, 0.2) is 30.3 Å². The molecule has 3 amide bonds. The molecule has 6 heterocycles. The Bertz CT molecular complexity index is 1820. The number of alkyl carbamates (subject to hydrolysis) is 1. The van der Waals surface area contributed by atoms with E-state index in [0.717, 1.165) is 31.2 Å². The normalized spacial score (nSPS) is 39.7. The Morgan fingerprint density at radius 3 is 1.53 bits per heavy atom. The summed E-state index contributed by atoms with van der Waals surface area (Å²) in [6, 6.07) is 9.76. The molecule has 18 heteroatoms. The highest BCUT2D eigenvalue weighted by atomic mass is 16.9. The zero-order chi connectivity index (χ0) is 45.7. The molecule has 0 aromatic heterocycles. The second-order valence-corrected chi connectivity index (χ2v) is 20.4. The Balaban J connectivity index is 0.000000184. The summed E-state index contributed by atoms with van der Waals surface area (Å²) in [5, 5.41) is 8.99. The minimum Gasteiger partial charge on any atom is -0.445 e. The van der Waals surface area contributed by atoms with E-state index in [9.17, 15) is 14.4 Å². The van der Waals surface area contributed by atoms with E-state index in [1.54, 1.807) is 0 Å². The van der Waals surface area contributed by atoms with E-state index in [1.165, 1.54) is 0 Å². The van der Waals surface area contributed by atoms with Crippen LogP contribution in [-0.4, -0.2) is 128 Å². The molecule has 0 unspecified atom stereocenters. The molecular formula is C46H70N4O14. The minimum absolute atomic E-state index is 0.00341. The summed E-state index contributed by atoms with van der Waals surface area (Å²) in [4.78, 5) is 37.9. The molecule has 0 radical (unpaired) electrons. The molecule has 6 saturated heterocycles. The van der Waals surface area contributed by atoms with Gasteiger partial charge in [0, 0.05) is 23.9 Å². The molecule has 9 rings (SSSR count). The van der Waals surface area contributed by atoms with Gasteiger partial charge in [-0.2, -0.15) is 0 Å². The number of amides is 3. The van der Waals surface area contributed by atoms with E-state index in [4.69, 9.17) is 57.8 Å². The fourth-order valence-corrected chi connectivity index (χ4v) is 10.5. The summed E-state index contributed by atoms with van der Waals surface area (Å²) in [6.07, 6.45) is 3.59. The lowest BCUT2D eigenvalue weighted by atomic mass is 9.85. The number of nitrogens with one attached hydrogen (secondary N) is 3. The SMILES string of the molecule is CC1(C)O[C@@H]2[C@@H](CO[C@@]3(CNC(=O)C4CCC(N)CC4)OC(C)(C)O[C@@H]23)O1.CC1(C)O[C@@H]2[C@@H](CO[C@@]3(CNC(=O)C4CCC(NC(=O)OCc5ccccc5)CC4)OC(C)(C)O[C@@H]23)O1. The molecule has 1 aromatic rings. The van der Waals surface area contributed by atoms with Crippen molar-refractivity contribution in [3.05, 3.63) is 35.9 Å². The van der Waals surface area contributed by atoms with E-state index in [0.29, 0.717) is 32.3 Å². The van der Waals surface area contributed by atoms with Crippen LogP contribution in [0.2, 0.25) is 0 Å². The van der Waals surface area contributed by atoms with Crippen molar-refractivity contribution >= 4 is 17.9 Å². The highest BCUT2D eigenvalue weighted by molar-refractivity contribution is 5.79. The van der Waals surface area contributed by atoms with Crippen LogP contribution >= 0.6 is 0 Å². The number of benzene rings is 1. The third-order valence-electron chi connectivity index (χ3n) is 13.3. The Hall–Kier alpha value is -3.01. The molecule has 358 valence electrons. The molecule has 8 atom stereocenters. The smallest absolute Gasteiger partial charge is 0.407 e. The van der Waals surface area contributed by atoms with Gasteiger partial charge >= 0.3 is 6.09 Å². The van der Waals surface area contributed by atoms with Crippen LogP contribution in [0.5, 0.6) is 0 Å². The van der Waals surface area contributed by atoms with Gasteiger partial charge in [0.15, 0.2) is 23.1 Å². The fourth-order valence-electron chi connectivity index (χ4n) is 10.5. The van der Waals surface area contributed by atoms with E-state index < -0.39 is 53.0 Å². The molecule has 18 nitrogen and oxygen atoms in total. The molecule has 1 aromatic carbocycles. The van der Waals surface area contributed by atoms with Crippen molar-refractivity contribution in [1.82, 2.24) is 16.0 Å². The maximum Gasteiger partial charge on any atom is 0.407 e. The lowest BCUT2D eigenvalue weighted by Crippen LogP contribution is -2.63. The number of hydrogen-bond acceptors (Lipinski definition) is 15. The largest absolute Gasteiger partial charge is 0.445 e.